The van der Waals surface area contributed by atoms with E-state index >= 15 is 0 Å². The lowest BCUT2D eigenvalue weighted by Gasteiger charge is -2.10. The lowest BCUT2D eigenvalue weighted by Crippen LogP contribution is -2.15. The molecule has 0 saturated heterocycles. The second kappa shape index (κ2) is 5.43. The highest BCUT2D eigenvalue weighted by Crippen LogP contribution is 2.10. The molecule has 1 aromatic heterocycles. The summed E-state index contributed by atoms with van der Waals surface area (Å²) in [5.41, 5.74) is 0.705. The van der Waals surface area contributed by atoms with Crippen molar-refractivity contribution >= 4 is 17.5 Å². The summed E-state index contributed by atoms with van der Waals surface area (Å²) >= 11 is 0. The number of nitrogens with zero attached hydrogens (tertiary/aromatic N) is 3. The Bertz CT molecular complexity index is 583. The van der Waals surface area contributed by atoms with Crippen LogP contribution in [-0.4, -0.2) is 30.0 Å². The van der Waals surface area contributed by atoms with Crippen molar-refractivity contribution in [2.75, 3.05) is 24.3 Å². The first-order valence-corrected chi connectivity index (χ1v) is 5.62. The van der Waals surface area contributed by atoms with Gasteiger partial charge in [-0.05, 0) is 18.2 Å². The standard InChI is InChI=1S/C13H13FN4O/c1-18(2)13-15-7-11(8-16-13)17-12(19)9-4-3-5-10(14)6-9/h3-8H,1-2H3,(H,17,19). The molecule has 1 aromatic carbocycles. The molecule has 1 amide bonds. The summed E-state index contributed by atoms with van der Waals surface area (Å²) in [6, 6.07) is 5.47. The maximum atomic E-state index is 13.0. The minimum absolute atomic E-state index is 0.247. The smallest absolute Gasteiger partial charge is 0.255 e. The van der Waals surface area contributed by atoms with Crippen molar-refractivity contribution in [3.63, 3.8) is 0 Å². The second-order valence-electron chi connectivity index (χ2n) is 4.13. The van der Waals surface area contributed by atoms with Crippen LogP contribution >= 0.6 is 0 Å². The Morgan fingerprint density at radius 1 is 1.26 bits per heavy atom. The van der Waals surface area contributed by atoms with E-state index in [0.29, 0.717) is 11.6 Å². The third-order valence-electron chi connectivity index (χ3n) is 2.38. The molecule has 0 atom stereocenters. The van der Waals surface area contributed by atoms with Gasteiger partial charge < -0.3 is 10.2 Å². The largest absolute Gasteiger partial charge is 0.347 e. The third kappa shape index (κ3) is 3.25. The van der Waals surface area contributed by atoms with Crippen LogP contribution in [0.25, 0.3) is 0 Å². The van der Waals surface area contributed by atoms with Crippen LogP contribution in [-0.2, 0) is 0 Å². The number of hydrogen-bond donors (Lipinski definition) is 1. The zero-order valence-electron chi connectivity index (χ0n) is 10.6. The minimum atomic E-state index is -0.452. The van der Waals surface area contributed by atoms with Crippen molar-refractivity contribution in [2.24, 2.45) is 0 Å². The van der Waals surface area contributed by atoms with Crippen LogP contribution < -0.4 is 10.2 Å². The van der Waals surface area contributed by atoms with Crippen molar-refractivity contribution in [2.45, 2.75) is 0 Å². The Kier molecular flexibility index (Phi) is 3.70. The summed E-state index contributed by atoms with van der Waals surface area (Å²) in [7, 11) is 3.64. The number of aromatic nitrogens is 2. The number of benzene rings is 1. The molecule has 0 spiro atoms. The van der Waals surface area contributed by atoms with Crippen LogP contribution in [0, 0.1) is 5.82 Å². The highest BCUT2D eigenvalue weighted by molar-refractivity contribution is 6.04. The number of anilines is 2. The highest BCUT2D eigenvalue weighted by atomic mass is 19.1. The zero-order chi connectivity index (χ0) is 13.8. The van der Waals surface area contributed by atoms with E-state index in [2.05, 4.69) is 15.3 Å². The quantitative estimate of drug-likeness (QED) is 0.916. The number of carbonyl (C=O) groups excluding carboxylic acids is 1. The predicted octanol–water partition coefficient (Wildman–Crippen LogP) is 1.93. The molecule has 1 N–H and O–H groups in total. The molecule has 2 rings (SSSR count). The van der Waals surface area contributed by atoms with Gasteiger partial charge in [-0.3, -0.25) is 4.79 Å². The number of halogens is 1. The summed E-state index contributed by atoms with van der Waals surface area (Å²) in [5, 5.41) is 2.60. The zero-order valence-corrected chi connectivity index (χ0v) is 10.6. The number of amides is 1. The van der Waals surface area contributed by atoms with Crippen molar-refractivity contribution in [1.82, 2.24) is 9.97 Å². The fraction of sp³-hybridized carbons (Fsp3) is 0.154. The topological polar surface area (TPSA) is 58.1 Å². The van der Waals surface area contributed by atoms with Gasteiger partial charge >= 0.3 is 0 Å². The summed E-state index contributed by atoms with van der Waals surface area (Å²) in [5.74, 6) is -0.309. The average Bonchev–Trinajstić information content (AvgIpc) is 2.39. The van der Waals surface area contributed by atoms with Crippen LogP contribution in [0.3, 0.4) is 0 Å². The van der Waals surface area contributed by atoms with Crippen molar-refractivity contribution < 1.29 is 9.18 Å². The Morgan fingerprint density at radius 3 is 2.53 bits per heavy atom. The summed E-state index contributed by atoms with van der Waals surface area (Å²) in [6.45, 7) is 0. The van der Waals surface area contributed by atoms with E-state index in [1.165, 1.54) is 36.7 Å². The van der Waals surface area contributed by atoms with E-state index in [9.17, 15) is 9.18 Å². The SMILES string of the molecule is CN(C)c1ncc(NC(=O)c2cccc(F)c2)cn1. The van der Waals surface area contributed by atoms with Gasteiger partial charge in [-0.2, -0.15) is 0 Å². The molecule has 0 aliphatic carbocycles. The fourth-order valence-corrected chi connectivity index (χ4v) is 1.45. The summed E-state index contributed by atoms with van der Waals surface area (Å²) in [4.78, 5) is 21.7. The number of carbonyl (C=O) groups is 1. The molecule has 1 heterocycles. The summed E-state index contributed by atoms with van der Waals surface area (Å²) < 4.78 is 13.0. The minimum Gasteiger partial charge on any atom is -0.347 e. The second-order valence-corrected chi connectivity index (χ2v) is 4.13. The van der Waals surface area contributed by atoms with Crippen molar-refractivity contribution in [1.29, 1.82) is 0 Å². The van der Waals surface area contributed by atoms with Crippen LogP contribution in [0.5, 0.6) is 0 Å². The van der Waals surface area contributed by atoms with E-state index in [1.807, 2.05) is 14.1 Å². The van der Waals surface area contributed by atoms with E-state index in [0.717, 1.165) is 0 Å². The normalized spacial score (nSPS) is 10.1. The molecule has 0 fully saturated rings. The maximum absolute atomic E-state index is 13.0. The predicted molar refractivity (Wildman–Crippen MR) is 70.7 cm³/mol. The molecule has 0 aliphatic heterocycles. The van der Waals surface area contributed by atoms with Gasteiger partial charge in [-0.15, -0.1) is 0 Å². The first kappa shape index (κ1) is 12.9. The van der Waals surface area contributed by atoms with Gasteiger partial charge in [-0.1, -0.05) is 6.07 Å². The molecule has 0 bridgehead atoms. The molecule has 0 saturated carbocycles. The molecular formula is C13H13FN4O. The Morgan fingerprint density at radius 2 is 1.95 bits per heavy atom. The average molecular weight is 260 g/mol. The lowest BCUT2D eigenvalue weighted by atomic mass is 10.2. The van der Waals surface area contributed by atoms with Crippen LogP contribution in [0.1, 0.15) is 10.4 Å². The van der Waals surface area contributed by atoms with Crippen molar-refractivity contribution in [3.8, 4) is 0 Å². The van der Waals surface area contributed by atoms with E-state index in [1.54, 1.807) is 4.90 Å². The Hall–Kier alpha value is -2.50. The number of rotatable bonds is 3. The van der Waals surface area contributed by atoms with Crippen molar-refractivity contribution in [3.05, 3.63) is 48.0 Å². The van der Waals surface area contributed by atoms with Gasteiger partial charge in [0.1, 0.15) is 5.82 Å². The van der Waals surface area contributed by atoms with Gasteiger partial charge in [0.25, 0.3) is 5.91 Å². The third-order valence-corrected chi connectivity index (χ3v) is 2.38. The highest BCUT2D eigenvalue weighted by Gasteiger charge is 2.07. The van der Waals surface area contributed by atoms with Gasteiger partial charge in [0.05, 0.1) is 18.1 Å². The summed E-state index contributed by atoms with van der Waals surface area (Å²) in [6.07, 6.45) is 3.00. The molecule has 0 radical (unpaired) electrons. The fourth-order valence-electron chi connectivity index (χ4n) is 1.45. The monoisotopic (exact) mass is 260 g/mol. The van der Waals surface area contributed by atoms with E-state index in [-0.39, 0.29) is 5.56 Å². The molecule has 6 heteroatoms. The maximum Gasteiger partial charge on any atom is 0.255 e. The molecular weight excluding hydrogens is 247 g/mol. The van der Waals surface area contributed by atoms with E-state index < -0.39 is 11.7 Å². The van der Waals surface area contributed by atoms with Gasteiger partial charge in [-0.25, -0.2) is 14.4 Å². The number of hydrogen-bond acceptors (Lipinski definition) is 4. The first-order valence-electron chi connectivity index (χ1n) is 5.62. The van der Waals surface area contributed by atoms with Gasteiger partial charge in [0.15, 0.2) is 0 Å². The molecule has 98 valence electrons. The first-order chi connectivity index (χ1) is 9.06. The molecule has 2 aromatic rings. The molecule has 0 unspecified atom stereocenters. The van der Waals surface area contributed by atoms with Crippen LogP contribution in [0.4, 0.5) is 16.0 Å². The molecule has 0 aliphatic rings. The van der Waals surface area contributed by atoms with E-state index in [4.69, 9.17) is 0 Å². The van der Waals surface area contributed by atoms with Crippen LogP contribution in [0.2, 0.25) is 0 Å². The Balaban J connectivity index is 2.10. The molecule has 5 nitrogen and oxygen atoms in total. The number of nitrogens with one attached hydrogen (secondary N) is 1. The lowest BCUT2D eigenvalue weighted by molar-refractivity contribution is 0.102. The van der Waals surface area contributed by atoms with Gasteiger partial charge in [0, 0.05) is 19.7 Å². The van der Waals surface area contributed by atoms with Gasteiger partial charge in [0.2, 0.25) is 5.95 Å². The molecule has 19 heavy (non-hydrogen) atoms. The van der Waals surface area contributed by atoms with Crippen LogP contribution in [0.15, 0.2) is 36.7 Å². The Labute approximate surface area is 110 Å².